The highest BCUT2D eigenvalue weighted by Gasteiger charge is 2.32. The molecule has 8 heteroatoms. The lowest BCUT2D eigenvalue weighted by atomic mass is 9.93. The number of aliphatic hydroxyl groups is 2. The average Bonchev–Trinajstić information content (AvgIpc) is 2.88. The largest absolute Gasteiger partial charge is 0.489 e. The monoisotopic (exact) mass is 557 g/mol. The number of carbonyl (C=O) groups is 1. The molecule has 3 rings (SSSR count). The summed E-state index contributed by atoms with van der Waals surface area (Å²) in [5, 5.41) is 23.1. The van der Waals surface area contributed by atoms with Crippen molar-refractivity contribution in [3.63, 3.8) is 0 Å². The van der Waals surface area contributed by atoms with Crippen LogP contribution in [0.15, 0.2) is 82.6 Å². The number of nitrogens with one attached hydrogen (secondary N) is 1. The molecule has 0 saturated carbocycles. The fourth-order valence-electron chi connectivity index (χ4n) is 3.79. The third-order valence-electron chi connectivity index (χ3n) is 5.79. The molecular weight excluding hydrogens is 522 g/mol. The van der Waals surface area contributed by atoms with Crippen molar-refractivity contribution < 1.29 is 24.5 Å². The first-order chi connectivity index (χ1) is 18.1. The number of carbonyl (C=O) groups excluding carboxylic acids is 1. The van der Waals surface area contributed by atoms with Crippen LogP contribution in [0.3, 0.4) is 0 Å². The first-order valence-electron chi connectivity index (χ1n) is 12.6. The Morgan fingerprint density at radius 2 is 1.66 bits per heavy atom. The summed E-state index contributed by atoms with van der Waals surface area (Å²) < 4.78 is 11.2. The zero-order chi connectivity index (χ0) is 27.6. The van der Waals surface area contributed by atoms with E-state index in [4.69, 9.17) is 21.1 Å². The van der Waals surface area contributed by atoms with Crippen molar-refractivity contribution in [2.24, 2.45) is 0 Å². The molecule has 0 radical (unpaired) electrons. The van der Waals surface area contributed by atoms with E-state index in [1.165, 1.54) is 0 Å². The molecule has 3 aromatic rings. The van der Waals surface area contributed by atoms with E-state index in [1.807, 2.05) is 72.8 Å². The van der Waals surface area contributed by atoms with Crippen LogP contribution in [0.4, 0.5) is 4.79 Å². The van der Waals surface area contributed by atoms with Crippen LogP contribution in [0.2, 0.25) is 5.02 Å². The van der Waals surface area contributed by atoms with Crippen molar-refractivity contribution >= 4 is 29.5 Å². The summed E-state index contributed by atoms with van der Waals surface area (Å²) in [6.07, 6.45) is 0.922. The van der Waals surface area contributed by atoms with Gasteiger partial charge in [0.15, 0.2) is 0 Å². The summed E-state index contributed by atoms with van der Waals surface area (Å²) in [6.45, 7) is 4.98. The summed E-state index contributed by atoms with van der Waals surface area (Å²) in [4.78, 5) is 14.3. The maximum atomic E-state index is 12.2. The number of amides is 1. The Bertz CT molecular complexity index is 1180. The summed E-state index contributed by atoms with van der Waals surface area (Å²) >= 11 is 8.19. The predicted molar refractivity (Wildman–Crippen MR) is 152 cm³/mol. The van der Waals surface area contributed by atoms with Gasteiger partial charge in [0.2, 0.25) is 0 Å². The normalized spacial score (nSPS) is 11.7. The number of hydrogen-bond donors (Lipinski definition) is 3. The topological polar surface area (TPSA) is 88.0 Å². The highest BCUT2D eigenvalue weighted by molar-refractivity contribution is 7.99. The van der Waals surface area contributed by atoms with Crippen molar-refractivity contribution in [2.75, 3.05) is 13.2 Å². The quantitative estimate of drug-likeness (QED) is 0.231. The van der Waals surface area contributed by atoms with Crippen molar-refractivity contribution in [3.8, 4) is 5.75 Å². The molecule has 0 spiro atoms. The fourth-order valence-corrected chi connectivity index (χ4v) is 5.03. The van der Waals surface area contributed by atoms with E-state index in [-0.39, 0.29) is 0 Å². The average molecular weight is 558 g/mol. The fraction of sp³-hybridized carbons (Fsp3) is 0.367. The van der Waals surface area contributed by atoms with E-state index >= 15 is 0 Å². The lowest BCUT2D eigenvalue weighted by molar-refractivity contribution is 0.0271. The summed E-state index contributed by atoms with van der Waals surface area (Å²) in [5.41, 5.74) is 0.227. The third-order valence-corrected chi connectivity index (χ3v) is 7.12. The Hall–Kier alpha value is -2.71. The molecule has 0 fully saturated rings. The maximum Gasteiger partial charge on any atom is 0.408 e. The van der Waals surface area contributed by atoms with Crippen LogP contribution in [-0.4, -0.2) is 40.7 Å². The standard InChI is InChI=1S/C30H36ClNO5S/c1-29(2,3)37-28(35)32-30(20-33,21-34)16-8-11-23-14-15-26(18-27(23)31)38-25-13-7-12-24(17-25)36-19-22-9-5-4-6-10-22/h4-7,9-10,12-15,17-18,33-34H,8,11,16,19-21H2,1-3H3,(H,32,35). The molecule has 0 aromatic heterocycles. The summed E-state index contributed by atoms with van der Waals surface area (Å²) in [5.74, 6) is 0.804. The number of ether oxygens (including phenoxy) is 2. The van der Waals surface area contributed by atoms with Crippen LogP contribution < -0.4 is 10.1 Å². The molecule has 0 aliphatic rings. The second kappa shape index (κ2) is 13.9. The molecule has 0 heterocycles. The molecular formula is C30H36ClNO5S. The molecule has 6 nitrogen and oxygen atoms in total. The highest BCUT2D eigenvalue weighted by atomic mass is 35.5. The van der Waals surface area contributed by atoms with Crippen molar-refractivity contribution in [1.82, 2.24) is 5.32 Å². The number of aliphatic hydroxyl groups excluding tert-OH is 2. The highest BCUT2D eigenvalue weighted by Crippen LogP contribution is 2.33. The van der Waals surface area contributed by atoms with E-state index in [9.17, 15) is 15.0 Å². The third kappa shape index (κ3) is 9.55. The van der Waals surface area contributed by atoms with Gasteiger partial charge in [-0.15, -0.1) is 0 Å². The second-order valence-electron chi connectivity index (χ2n) is 10.2. The number of benzene rings is 3. The number of halogens is 1. The molecule has 0 aliphatic carbocycles. The maximum absolute atomic E-state index is 12.2. The molecule has 1 amide bonds. The van der Waals surface area contributed by atoms with Crippen LogP contribution >= 0.6 is 23.4 Å². The summed E-state index contributed by atoms with van der Waals surface area (Å²) in [7, 11) is 0. The first-order valence-corrected chi connectivity index (χ1v) is 13.8. The van der Waals surface area contributed by atoms with Gasteiger partial charge in [-0.25, -0.2) is 4.79 Å². The van der Waals surface area contributed by atoms with Crippen molar-refractivity contribution in [1.29, 1.82) is 0 Å². The van der Waals surface area contributed by atoms with E-state index in [0.717, 1.165) is 26.7 Å². The van der Waals surface area contributed by atoms with Gasteiger partial charge >= 0.3 is 6.09 Å². The number of rotatable bonds is 12. The Balaban J connectivity index is 1.55. The number of alkyl carbamates (subject to hydrolysis) is 1. The Labute approximate surface area is 234 Å². The van der Waals surface area contributed by atoms with Gasteiger partial charge in [-0.1, -0.05) is 65.8 Å². The minimum Gasteiger partial charge on any atom is -0.489 e. The van der Waals surface area contributed by atoms with Crippen LogP contribution in [0.5, 0.6) is 5.75 Å². The number of aryl methyl sites for hydroxylation is 1. The van der Waals surface area contributed by atoms with E-state index in [0.29, 0.717) is 30.9 Å². The van der Waals surface area contributed by atoms with Crippen LogP contribution in [0.25, 0.3) is 0 Å². The van der Waals surface area contributed by atoms with E-state index in [1.54, 1.807) is 32.5 Å². The lowest BCUT2D eigenvalue weighted by Crippen LogP contribution is -2.55. The van der Waals surface area contributed by atoms with Gasteiger partial charge in [0.05, 0.1) is 18.8 Å². The Morgan fingerprint density at radius 1 is 0.947 bits per heavy atom. The summed E-state index contributed by atoms with van der Waals surface area (Å²) in [6, 6.07) is 23.9. The van der Waals surface area contributed by atoms with Crippen molar-refractivity contribution in [2.45, 2.75) is 67.6 Å². The van der Waals surface area contributed by atoms with Gasteiger partial charge in [-0.3, -0.25) is 0 Å². The molecule has 3 aromatic carbocycles. The Kier molecular flexibility index (Phi) is 10.9. The first kappa shape index (κ1) is 29.8. The number of hydrogen-bond acceptors (Lipinski definition) is 6. The van der Waals surface area contributed by atoms with Crippen LogP contribution in [-0.2, 0) is 17.8 Å². The zero-order valence-corrected chi connectivity index (χ0v) is 23.6. The van der Waals surface area contributed by atoms with Gasteiger partial charge in [0.25, 0.3) is 0 Å². The van der Waals surface area contributed by atoms with Gasteiger partial charge in [0, 0.05) is 14.8 Å². The zero-order valence-electron chi connectivity index (χ0n) is 22.1. The molecule has 0 saturated heterocycles. The lowest BCUT2D eigenvalue weighted by Gasteiger charge is -2.32. The molecule has 3 N–H and O–H groups in total. The second-order valence-corrected chi connectivity index (χ2v) is 11.7. The predicted octanol–water partition coefficient (Wildman–Crippen LogP) is 6.64. The van der Waals surface area contributed by atoms with Gasteiger partial charge in [0.1, 0.15) is 18.0 Å². The molecule has 0 atom stereocenters. The van der Waals surface area contributed by atoms with Gasteiger partial charge in [-0.2, -0.15) is 0 Å². The molecule has 0 bridgehead atoms. The minimum atomic E-state index is -1.17. The van der Waals surface area contributed by atoms with E-state index < -0.39 is 30.4 Å². The molecule has 204 valence electrons. The van der Waals surface area contributed by atoms with Crippen LogP contribution in [0, 0.1) is 0 Å². The van der Waals surface area contributed by atoms with Gasteiger partial charge < -0.3 is 25.0 Å². The molecule has 0 unspecified atom stereocenters. The van der Waals surface area contributed by atoms with E-state index in [2.05, 4.69) is 5.32 Å². The smallest absolute Gasteiger partial charge is 0.408 e. The Morgan fingerprint density at radius 3 is 2.32 bits per heavy atom. The molecule has 38 heavy (non-hydrogen) atoms. The van der Waals surface area contributed by atoms with Crippen LogP contribution in [0.1, 0.15) is 44.7 Å². The minimum absolute atomic E-state index is 0.363. The van der Waals surface area contributed by atoms with Crippen molar-refractivity contribution in [3.05, 3.63) is 88.9 Å². The SMILES string of the molecule is CC(C)(C)OC(=O)NC(CO)(CO)CCCc1ccc(Sc2cccc(OCc3ccccc3)c2)cc1Cl. The van der Waals surface area contributed by atoms with Gasteiger partial charge in [-0.05, 0) is 81.5 Å². The molecule has 0 aliphatic heterocycles.